The predicted octanol–water partition coefficient (Wildman–Crippen LogP) is 5.35. The largest absolute Gasteiger partial charge is 0.508 e. The van der Waals surface area contributed by atoms with Gasteiger partial charge in [0.05, 0.1) is 15.6 Å². The number of carbonyl (C=O) groups excluding carboxylic acids is 1. The fraction of sp³-hybridized carbons (Fsp3) is 0.105. The molecule has 4 heteroatoms. The summed E-state index contributed by atoms with van der Waals surface area (Å²) in [6.45, 7) is 0. The fourth-order valence-corrected chi connectivity index (χ4v) is 3.16. The quantitative estimate of drug-likeness (QED) is 0.762. The number of para-hydroxylation sites is 1. The van der Waals surface area contributed by atoms with E-state index in [1.165, 1.54) is 0 Å². The van der Waals surface area contributed by atoms with Crippen molar-refractivity contribution < 1.29 is 9.90 Å². The van der Waals surface area contributed by atoms with Crippen LogP contribution >= 0.6 is 23.2 Å². The number of rotatable bonds is 3. The molecule has 0 aliphatic heterocycles. The van der Waals surface area contributed by atoms with Crippen molar-refractivity contribution in [2.24, 2.45) is 0 Å². The Hall–Kier alpha value is -2.03. The Bertz CT molecular complexity index is 802. The van der Waals surface area contributed by atoms with E-state index in [-0.39, 0.29) is 23.0 Å². The molecule has 0 amide bonds. The van der Waals surface area contributed by atoms with Gasteiger partial charge in [0, 0.05) is 17.1 Å². The SMILES string of the molecule is O=C(C1=[C]C(c2ccccc2O)CC=C1)c1c(Cl)cccc1Cl. The van der Waals surface area contributed by atoms with Gasteiger partial charge in [0.25, 0.3) is 0 Å². The number of phenolic OH excluding ortho intramolecular Hbond substituents is 1. The molecule has 1 aliphatic rings. The van der Waals surface area contributed by atoms with Gasteiger partial charge in [-0.05, 0) is 30.7 Å². The summed E-state index contributed by atoms with van der Waals surface area (Å²) in [6, 6.07) is 12.0. The number of Topliss-reactive ketones (excluding diaryl/α,β-unsaturated/α-hetero) is 1. The summed E-state index contributed by atoms with van der Waals surface area (Å²) < 4.78 is 0. The second-order valence-corrected chi connectivity index (χ2v) is 6.05. The molecule has 23 heavy (non-hydrogen) atoms. The first kappa shape index (κ1) is 15.9. The van der Waals surface area contributed by atoms with Gasteiger partial charge >= 0.3 is 0 Å². The fourth-order valence-electron chi connectivity index (χ4n) is 2.59. The zero-order valence-corrected chi connectivity index (χ0v) is 13.6. The molecule has 2 nitrogen and oxygen atoms in total. The third-order valence-electron chi connectivity index (χ3n) is 3.73. The van der Waals surface area contributed by atoms with Gasteiger partial charge < -0.3 is 5.11 Å². The molecule has 0 saturated heterocycles. The lowest BCUT2D eigenvalue weighted by Crippen LogP contribution is -2.09. The highest BCUT2D eigenvalue weighted by Gasteiger charge is 2.22. The molecule has 3 rings (SSSR count). The Labute approximate surface area is 144 Å². The van der Waals surface area contributed by atoms with Gasteiger partial charge in [-0.1, -0.05) is 59.6 Å². The minimum Gasteiger partial charge on any atom is -0.508 e. The second-order valence-electron chi connectivity index (χ2n) is 5.23. The summed E-state index contributed by atoms with van der Waals surface area (Å²) in [6.07, 6.45) is 7.45. The molecular formula is C19H13Cl2O2. The third-order valence-corrected chi connectivity index (χ3v) is 4.36. The minimum absolute atomic E-state index is 0.179. The van der Waals surface area contributed by atoms with Crippen LogP contribution in [0.1, 0.15) is 28.3 Å². The molecule has 115 valence electrons. The highest BCUT2D eigenvalue weighted by molar-refractivity contribution is 6.41. The van der Waals surface area contributed by atoms with Crippen LogP contribution < -0.4 is 0 Å². The van der Waals surface area contributed by atoms with Crippen molar-refractivity contribution in [3.05, 3.63) is 87.4 Å². The zero-order chi connectivity index (χ0) is 16.4. The van der Waals surface area contributed by atoms with Crippen LogP contribution in [0.2, 0.25) is 10.0 Å². The highest BCUT2D eigenvalue weighted by atomic mass is 35.5. The summed E-state index contributed by atoms with van der Waals surface area (Å²) in [4.78, 5) is 12.7. The third kappa shape index (κ3) is 3.19. The van der Waals surface area contributed by atoms with E-state index in [0.717, 1.165) is 5.56 Å². The van der Waals surface area contributed by atoms with Crippen molar-refractivity contribution in [3.8, 4) is 5.75 Å². The van der Waals surface area contributed by atoms with Gasteiger partial charge in [0.1, 0.15) is 5.75 Å². The summed E-state index contributed by atoms with van der Waals surface area (Å²) in [7, 11) is 0. The molecular weight excluding hydrogens is 331 g/mol. The maximum absolute atomic E-state index is 12.7. The van der Waals surface area contributed by atoms with Crippen LogP contribution in [0.15, 0.2) is 60.2 Å². The van der Waals surface area contributed by atoms with Crippen molar-refractivity contribution in [1.82, 2.24) is 0 Å². The number of halogens is 2. The molecule has 1 N–H and O–H groups in total. The van der Waals surface area contributed by atoms with E-state index in [2.05, 4.69) is 6.08 Å². The van der Waals surface area contributed by atoms with E-state index < -0.39 is 0 Å². The monoisotopic (exact) mass is 343 g/mol. The first-order valence-corrected chi connectivity index (χ1v) is 7.90. The van der Waals surface area contributed by atoms with E-state index in [9.17, 15) is 9.90 Å². The van der Waals surface area contributed by atoms with Gasteiger partial charge in [-0.25, -0.2) is 0 Å². The number of carbonyl (C=O) groups is 1. The molecule has 1 atom stereocenters. The van der Waals surface area contributed by atoms with Crippen molar-refractivity contribution in [3.63, 3.8) is 0 Å². The Morgan fingerprint density at radius 2 is 1.78 bits per heavy atom. The number of ketones is 1. The molecule has 0 fully saturated rings. The smallest absolute Gasteiger partial charge is 0.196 e. The Morgan fingerprint density at radius 1 is 1.09 bits per heavy atom. The number of hydrogen-bond donors (Lipinski definition) is 1. The summed E-state index contributed by atoms with van der Waals surface area (Å²) in [5.41, 5.74) is 1.42. The molecule has 0 spiro atoms. The van der Waals surface area contributed by atoms with Crippen LogP contribution in [0.5, 0.6) is 5.75 Å². The highest BCUT2D eigenvalue weighted by Crippen LogP contribution is 2.34. The van der Waals surface area contributed by atoms with Gasteiger partial charge in [-0.3, -0.25) is 4.79 Å². The molecule has 2 aromatic carbocycles. The van der Waals surface area contributed by atoms with E-state index in [1.54, 1.807) is 36.4 Å². The van der Waals surface area contributed by atoms with Crippen molar-refractivity contribution in [1.29, 1.82) is 0 Å². The summed E-state index contributed by atoms with van der Waals surface area (Å²) in [5, 5.41) is 10.6. The Morgan fingerprint density at radius 3 is 2.48 bits per heavy atom. The van der Waals surface area contributed by atoms with Crippen LogP contribution in [-0.4, -0.2) is 10.9 Å². The molecule has 1 radical (unpaired) electrons. The number of hydrogen-bond acceptors (Lipinski definition) is 2. The molecule has 0 bridgehead atoms. The van der Waals surface area contributed by atoms with Crippen molar-refractivity contribution in [2.75, 3.05) is 0 Å². The lowest BCUT2D eigenvalue weighted by molar-refractivity contribution is 0.103. The average molecular weight is 344 g/mol. The number of phenols is 1. The van der Waals surface area contributed by atoms with Gasteiger partial charge in [0.2, 0.25) is 0 Å². The Balaban J connectivity index is 1.98. The van der Waals surface area contributed by atoms with Crippen molar-refractivity contribution >= 4 is 29.0 Å². The van der Waals surface area contributed by atoms with Gasteiger partial charge in [0.15, 0.2) is 5.78 Å². The molecule has 1 aliphatic carbocycles. The normalized spacial score (nSPS) is 17.0. The van der Waals surface area contributed by atoms with Crippen LogP contribution in [0, 0.1) is 6.08 Å². The average Bonchev–Trinajstić information content (AvgIpc) is 2.55. The maximum atomic E-state index is 12.7. The number of allylic oxidation sites excluding steroid dienone is 4. The first-order valence-electron chi connectivity index (χ1n) is 7.14. The lowest BCUT2D eigenvalue weighted by atomic mass is 9.87. The van der Waals surface area contributed by atoms with Crippen LogP contribution in [0.4, 0.5) is 0 Å². The lowest BCUT2D eigenvalue weighted by Gasteiger charge is -2.17. The molecule has 0 saturated carbocycles. The first-order chi connectivity index (χ1) is 11.1. The van der Waals surface area contributed by atoms with Crippen LogP contribution in [-0.2, 0) is 0 Å². The van der Waals surface area contributed by atoms with Crippen molar-refractivity contribution in [2.45, 2.75) is 12.3 Å². The molecule has 0 heterocycles. The topological polar surface area (TPSA) is 37.3 Å². The zero-order valence-electron chi connectivity index (χ0n) is 12.1. The van der Waals surface area contributed by atoms with Gasteiger partial charge in [-0.2, -0.15) is 0 Å². The molecule has 0 aromatic heterocycles. The standard InChI is InChI=1S/C19H13Cl2O2/c20-15-8-4-9-16(21)18(15)19(23)13-6-3-5-12(11-13)14-7-1-2-10-17(14)22/h1-4,6-10,12,22H,5H2. The predicted molar refractivity (Wildman–Crippen MR) is 92.2 cm³/mol. The second kappa shape index (κ2) is 6.61. The van der Waals surface area contributed by atoms with Gasteiger partial charge in [-0.15, -0.1) is 0 Å². The van der Waals surface area contributed by atoms with E-state index >= 15 is 0 Å². The molecule has 1 unspecified atom stereocenters. The maximum Gasteiger partial charge on any atom is 0.196 e. The van der Waals surface area contributed by atoms with E-state index in [4.69, 9.17) is 23.2 Å². The summed E-state index contributed by atoms with van der Waals surface area (Å²) >= 11 is 12.2. The van der Waals surface area contributed by atoms with E-state index in [1.807, 2.05) is 18.2 Å². The van der Waals surface area contributed by atoms with Crippen LogP contribution in [0.25, 0.3) is 0 Å². The minimum atomic E-state index is -0.267. The van der Waals surface area contributed by atoms with E-state index in [0.29, 0.717) is 22.0 Å². The number of benzene rings is 2. The number of aromatic hydroxyl groups is 1. The molecule has 2 aromatic rings. The van der Waals surface area contributed by atoms with Crippen LogP contribution in [0.3, 0.4) is 0 Å². The summed E-state index contributed by atoms with van der Waals surface area (Å²) in [5.74, 6) is -0.249. The Kier molecular flexibility index (Phi) is 4.56.